The Morgan fingerprint density at radius 3 is 2.57 bits per heavy atom. The van der Waals surface area contributed by atoms with Gasteiger partial charge in [-0.05, 0) is 43.2 Å². The van der Waals surface area contributed by atoms with Crippen molar-refractivity contribution >= 4 is 51.7 Å². The van der Waals surface area contributed by atoms with Gasteiger partial charge < -0.3 is 5.32 Å². The van der Waals surface area contributed by atoms with E-state index in [2.05, 4.69) is 10.3 Å². The molecule has 0 spiro atoms. The molecule has 3 nitrogen and oxygen atoms in total. The summed E-state index contributed by atoms with van der Waals surface area (Å²) in [5.41, 5.74) is 2.98. The minimum atomic E-state index is -0.212. The third-order valence-corrected chi connectivity index (χ3v) is 5.27. The summed E-state index contributed by atoms with van der Waals surface area (Å²) in [6, 6.07) is 13.3. The van der Waals surface area contributed by atoms with Crippen LogP contribution in [0.15, 0.2) is 47.5 Å². The number of amides is 1. The highest BCUT2D eigenvalue weighted by molar-refractivity contribution is 8.15. The zero-order valence-corrected chi connectivity index (χ0v) is 14.7. The van der Waals surface area contributed by atoms with Gasteiger partial charge in [-0.2, -0.15) is 0 Å². The molecule has 1 amide bonds. The van der Waals surface area contributed by atoms with Crippen LogP contribution in [-0.2, 0) is 11.2 Å². The maximum absolute atomic E-state index is 12.1. The van der Waals surface area contributed by atoms with Crippen molar-refractivity contribution in [3.05, 3.63) is 63.6 Å². The summed E-state index contributed by atoms with van der Waals surface area (Å²) in [4.78, 5) is 16.6. The first kappa shape index (κ1) is 16.4. The number of halogens is 2. The summed E-state index contributed by atoms with van der Waals surface area (Å²) in [5.74, 6) is -0.0352. The van der Waals surface area contributed by atoms with Crippen LogP contribution in [0.3, 0.4) is 0 Å². The first-order chi connectivity index (χ1) is 11.0. The van der Waals surface area contributed by atoms with Crippen LogP contribution in [0, 0.1) is 6.92 Å². The Balaban J connectivity index is 1.72. The molecule has 118 valence electrons. The molecule has 23 heavy (non-hydrogen) atoms. The number of thioether (sulfide) groups is 1. The number of rotatable bonds is 3. The number of carbonyl (C=O) groups is 1. The van der Waals surface area contributed by atoms with E-state index in [1.165, 1.54) is 17.3 Å². The van der Waals surface area contributed by atoms with Crippen molar-refractivity contribution in [2.45, 2.75) is 18.6 Å². The topological polar surface area (TPSA) is 41.5 Å². The second-order valence-corrected chi connectivity index (χ2v) is 7.31. The van der Waals surface area contributed by atoms with Crippen LogP contribution in [0.1, 0.15) is 11.1 Å². The highest BCUT2D eigenvalue weighted by atomic mass is 35.5. The van der Waals surface area contributed by atoms with E-state index in [0.29, 0.717) is 21.6 Å². The summed E-state index contributed by atoms with van der Waals surface area (Å²) in [5, 5.41) is 4.26. The van der Waals surface area contributed by atoms with Gasteiger partial charge in [0.15, 0.2) is 5.17 Å². The Bertz CT molecular complexity index is 775. The number of aryl methyl sites for hydroxylation is 1. The molecule has 3 rings (SSSR count). The molecule has 0 radical (unpaired) electrons. The van der Waals surface area contributed by atoms with Crippen molar-refractivity contribution in [1.82, 2.24) is 5.32 Å². The van der Waals surface area contributed by atoms with Gasteiger partial charge in [0, 0.05) is 0 Å². The Hall–Kier alpha value is -1.49. The summed E-state index contributed by atoms with van der Waals surface area (Å²) in [6.07, 6.45) is 0.584. The van der Waals surface area contributed by atoms with Gasteiger partial charge in [-0.15, -0.1) is 0 Å². The average Bonchev–Trinajstić information content (AvgIpc) is 2.85. The van der Waals surface area contributed by atoms with Crippen molar-refractivity contribution in [2.75, 3.05) is 0 Å². The fourth-order valence-corrected chi connectivity index (χ4v) is 3.56. The maximum atomic E-state index is 12.1. The van der Waals surface area contributed by atoms with Crippen LogP contribution in [-0.4, -0.2) is 16.3 Å². The third-order valence-electron chi connectivity index (χ3n) is 3.45. The van der Waals surface area contributed by atoms with Crippen LogP contribution in [0.5, 0.6) is 0 Å². The molecular weight excluding hydrogens is 351 g/mol. The second kappa shape index (κ2) is 6.95. The highest BCUT2D eigenvalue weighted by Crippen LogP contribution is 2.28. The molecule has 1 aliphatic rings. The molecule has 1 saturated heterocycles. The Morgan fingerprint density at radius 1 is 1.13 bits per heavy atom. The molecule has 0 bridgehead atoms. The lowest BCUT2D eigenvalue weighted by molar-refractivity contribution is -0.118. The molecule has 6 heteroatoms. The number of amidine groups is 1. The largest absolute Gasteiger partial charge is 0.304 e. The van der Waals surface area contributed by atoms with Gasteiger partial charge in [-0.25, -0.2) is 4.99 Å². The van der Waals surface area contributed by atoms with Crippen molar-refractivity contribution < 1.29 is 4.79 Å². The van der Waals surface area contributed by atoms with E-state index in [-0.39, 0.29) is 11.2 Å². The first-order valence-electron chi connectivity index (χ1n) is 7.08. The van der Waals surface area contributed by atoms with Crippen LogP contribution in [0.2, 0.25) is 10.0 Å². The minimum absolute atomic E-state index is 0.0352. The van der Waals surface area contributed by atoms with E-state index in [9.17, 15) is 4.79 Å². The SMILES string of the molecule is Cc1ccc(N=C2NC(=O)C(Cc3ccc(Cl)c(Cl)c3)S2)cc1. The van der Waals surface area contributed by atoms with Crippen molar-refractivity contribution in [3.63, 3.8) is 0 Å². The van der Waals surface area contributed by atoms with Crippen molar-refractivity contribution in [1.29, 1.82) is 0 Å². The van der Waals surface area contributed by atoms with Crippen molar-refractivity contribution in [2.24, 2.45) is 4.99 Å². The number of nitrogens with zero attached hydrogens (tertiary/aromatic N) is 1. The number of aliphatic imine (C=N–C) groups is 1. The van der Waals surface area contributed by atoms with Crippen LogP contribution in [0.25, 0.3) is 0 Å². The number of carbonyl (C=O) groups excluding carboxylic acids is 1. The van der Waals surface area contributed by atoms with Gasteiger partial charge in [0.2, 0.25) is 5.91 Å². The molecule has 1 fully saturated rings. The van der Waals surface area contributed by atoms with Gasteiger partial charge >= 0.3 is 0 Å². The number of hydrogen-bond donors (Lipinski definition) is 1. The molecule has 0 aromatic heterocycles. The minimum Gasteiger partial charge on any atom is -0.304 e. The summed E-state index contributed by atoms with van der Waals surface area (Å²) in [6.45, 7) is 2.02. The van der Waals surface area contributed by atoms with Gasteiger partial charge in [-0.1, -0.05) is 58.7 Å². The lowest BCUT2D eigenvalue weighted by Gasteiger charge is -2.06. The van der Waals surface area contributed by atoms with Gasteiger partial charge in [0.05, 0.1) is 21.0 Å². The lowest BCUT2D eigenvalue weighted by Crippen LogP contribution is -2.25. The lowest BCUT2D eigenvalue weighted by atomic mass is 10.1. The normalized spacial score (nSPS) is 19.2. The van der Waals surface area contributed by atoms with E-state index < -0.39 is 0 Å². The molecular formula is C17H14Cl2N2OS. The molecule has 1 aliphatic heterocycles. The smallest absolute Gasteiger partial charge is 0.239 e. The van der Waals surface area contributed by atoms with Crippen molar-refractivity contribution in [3.8, 4) is 0 Å². The van der Waals surface area contributed by atoms with Crippen LogP contribution in [0.4, 0.5) is 5.69 Å². The van der Waals surface area contributed by atoms with E-state index in [0.717, 1.165) is 11.3 Å². The van der Waals surface area contributed by atoms with E-state index in [4.69, 9.17) is 23.2 Å². The quantitative estimate of drug-likeness (QED) is 0.852. The Labute approximate surface area is 149 Å². The van der Waals surface area contributed by atoms with Crippen LogP contribution >= 0.6 is 35.0 Å². The zero-order valence-electron chi connectivity index (χ0n) is 12.3. The number of benzene rings is 2. The van der Waals surface area contributed by atoms with E-state index in [1.54, 1.807) is 12.1 Å². The Morgan fingerprint density at radius 2 is 1.87 bits per heavy atom. The van der Waals surface area contributed by atoms with Crippen LogP contribution < -0.4 is 5.32 Å². The second-order valence-electron chi connectivity index (χ2n) is 5.30. The molecule has 1 N–H and O–H groups in total. The summed E-state index contributed by atoms with van der Waals surface area (Å²) < 4.78 is 0. The zero-order chi connectivity index (χ0) is 16.4. The predicted molar refractivity (Wildman–Crippen MR) is 98.0 cm³/mol. The fourth-order valence-electron chi connectivity index (χ4n) is 2.21. The van der Waals surface area contributed by atoms with E-state index in [1.807, 2.05) is 37.3 Å². The maximum Gasteiger partial charge on any atom is 0.239 e. The number of nitrogens with one attached hydrogen (secondary N) is 1. The Kier molecular flexibility index (Phi) is 4.95. The molecule has 2 aromatic rings. The number of hydrogen-bond acceptors (Lipinski definition) is 3. The molecule has 0 saturated carbocycles. The molecule has 2 aromatic carbocycles. The van der Waals surface area contributed by atoms with E-state index >= 15 is 0 Å². The fraction of sp³-hybridized carbons (Fsp3) is 0.176. The third kappa shape index (κ3) is 4.08. The molecule has 0 aliphatic carbocycles. The first-order valence-corrected chi connectivity index (χ1v) is 8.71. The monoisotopic (exact) mass is 364 g/mol. The average molecular weight is 365 g/mol. The van der Waals surface area contributed by atoms with Gasteiger partial charge in [0.25, 0.3) is 0 Å². The van der Waals surface area contributed by atoms with Gasteiger partial charge in [0.1, 0.15) is 0 Å². The summed E-state index contributed by atoms with van der Waals surface area (Å²) >= 11 is 13.4. The molecule has 1 heterocycles. The molecule has 1 atom stereocenters. The summed E-state index contributed by atoms with van der Waals surface area (Å²) in [7, 11) is 0. The predicted octanol–water partition coefficient (Wildman–Crippen LogP) is 4.76. The molecule has 1 unspecified atom stereocenters. The highest BCUT2D eigenvalue weighted by Gasteiger charge is 2.30. The standard InChI is InChI=1S/C17H14Cl2N2OS/c1-10-2-5-12(6-3-10)20-17-21-16(22)15(23-17)9-11-4-7-13(18)14(19)8-11/h2-8,15H,9H2,1H3,(H,20,21,22). The van der Waals surface area contributed by atoms with Gasteiger partial charge in [-0.3, -0.25) is 4.79 Å².